The van der Waals surface area contributed by atoms with Crippen LogP contribution in [0.4, 0.5) is 0 Å². The lowest BCUT2D eigenvalue weighted by molar-refractivity contribution is -0.127. The molecule has 0 radical (unpaired) electrons. The van der Waals surface area contributed by atoms with Gasteiger partial charge in [0.05, 0.1) is 6.54 Å². The summed E-state index contributed by atoms with van der Waals surface area (Å²) >= 11 is 0. The van der Waals surface area contributed by atoms with Crippen LogP contribution < -0.4 is 0 Å². The molecule has 1 aromatic carbocycles. The predicted molar refractivity (Wildman–Crippen MR) is 66.0 cm³/mol. The zero-order valence-electron chi connectivity index (χ0n) is 10.1. The second-order valence-electron chi connectivity index (χ2n) is 4.39. The van der Waals surface area contributed by atoms with E-state index in [1.807, 2.05) is 24.3 Å². The molecule has 1 aromatic rings. The maximum Gasteiger partial charge on any atom is 0.223 e. The maximum atomic E-state index is 12.0. The van der Waals surface area contributed by atoms with Gasteiger partial charge >= 0.3 is 0 Å². The molecule has 90 valence electrons. The highest BCUT2D eigenvalue weighted by Crippen LogP contribution is 2.12. The summed E-state index contributed by atoms with van der Waals surface area (Å²) in [6, 6.07) is 7.64. The molecule has 1 aliphatic rings. The zero-order chi connectivity index (χ0) is 12.3. The Morgan fingerprint density at radius 2 is 2.00 bits per heavy atom. The van der Waals surface area contributed by atoms with Gasteiger partial charge in [0.2, 0.25) is 5.91 Å². The average molecular weight is 231 g/mol. The highest BCUT2D eigenvalue weighted by atomic mass is 16.2. The number of rotatable bonds is 4. The summed E-state index contributed by atoms with van der Waals surface area (Å²) in [5, 5.41) is 0. The van der Waals surface area contributed by atoms with Gasteiger partial charge in [0.15, 0.2) is 5.78 Å². The maximum absolute atomic E-state index is 12.0. The van der Waals surface area contributed by atoms with E-state index >= 15 is 0 Å². The molecule has 3 heteroatoms. The molecule has 0 unspecified atom stereocenters. The van der Waals surface area contributed by atoms with Gasteiger partial charge in [-0.05, 0) is 18.4 Å². The number of benzene rings is 1. The number of Topliss-reactive ketones (excluding diaryl/α,β-unsaturated/α-hetero) is 1. The summed E-state index contributed by atoms with van der Waals surface area (Å²) in [7, 11) is 0. The van der Waals surface area contributed by atoms with Gasteiger partial charge in [0.25, 0.3) is 0 Å². The molecular weight excluding hydrogens is 214 g/mol. The Balaban J connectivity index is 2.01. The molecule has 1 amide bonds. The standard InChI is InChI=1S/C14H17NO2/c1-2-11-5-7-12(8-6-11)13(16)10-15-9-3-4-14(15)17/h5-8H,2-4,9-10H2,1H3. The molecule has 0 aliphatic carbocycles. The van der Waals surface area contributed by atoms with Gasteiger partial charge in [-0.1, -0.05) is 31.2 Å². The first-order chi connectivity index (χ1) is 8.20. The van der Waals surface area contributed by atoms with Crippen LogP contribution in [0.15, 0.2) is 24.3 Å². The predicted octanol–water partition coefficient (Wildman–Crippen LogP) is 2.05. The van der Waals surface area contributed by atoms with Crippen molar-refractivity contribution in [1.29, 1.82) is 0 Å². The van der Waals surface area contributed by atoms with Crippen molar-refractivity contribution in [2.45, 2.75) is 26.2 Å². The molecule has 0 spiro atoms. The lowest BCUT2D eigenvalue weighted by Gasteiger charge is -2.14. The third-order valence-electron chi connectivity index (χ3n) is 3.19. The van der Waals surface area contributed by atoms with Gasteiger partial charge in [-0.25, -0.2) is 0 Å². The molecule has 17 heavy (non-hydrogen) atoms. The van der Waals surface area contributed by atoms with Crippen molar-refractivity contribution in [2.75, 3.05) is 13.1 Å². The van der Waals surface area contributed by atoms with Gasteiger partial charge in [0.1, 0.15) is 0 Å². The number of aryl methyl sites for hydroxylation is 1. The Bertz CT molecular complexity index is 422. The highest BCUT2D eigenvalue weighted by molar-refractivity contribution is 5.99. The average Bonchev–Trinajstić information content (AvgIpc) is 2.75. The van der Waals surface area contributed by atoms with E-state index in [9.17, 15) is 9.59 Å². The minimum atomic E-state index is 0.0305. The SMILES string of the molecule is CCc1ccc(C(=O)CN2CCCC2=O)cc1. The number of hydrogen-bond acceptors (Lipinski definition) is 2. The molecule has 2 rings (SSSR count). The molecule has 1 aliphatic heterocycles. The number of carbonyl (C=O) groups is 2. The van der Waals surface area contributed by atoms with E-state index in [0.29, 0.717) is 12.0 Å². The van der Waals surface area contributed by atoms with Crippen LogP contribution in [0.2, 0.25) is 0 Å². The van der Waals surface area contributed by atoms with Gasteiger partial charge in [-0.3, -0.25) is 9.59 Å². The molecule has 0 N–H and O–H groups in total. The van der Waals surface area contributed by atoms with Crippen LogP contribution in [0.3, 0.4) is 0 Å². The van der Waals surface area contributed by atoms with Gasteiger partial charge in [-0.15, -0.1) is 0 Å². The number of carbonyl (C=O) groups excluding carboxylic acids is 2. The molecule has 0 aromatic heterocycles. The number of hydrogen-bond donors (Lipinski definition) is 0. The number of nitrogens with zero attached hydrogens (tertiary/aromatic N) is 1. The Labute approximate surface area is 101 Å². The monoisotopic (exact) mass is 231 g/mol. The quantitative estimate of drug-likeness (QED) is 0.744. The van der Waals surface area contributed by atoms with Crippen LogP contribution in [0.1, 0.15) is 35.7 Å². The summed E-state index contributed by atoms with van der Waals surface area (Å²) in [5.74, 6) is 0.131. The topological polar surface area (TPSA) is 37.4 Å². The first kappa shape index (κ1) is 11.8. The number of ketones is 1. The molecule has 1 heterocycles. The first-order valence-electron chi connectivity index (χ1n) is 6.10. The summed E-state index contributed by atoms with van der Waals surface area (Å²) in [5.41, 5.74) is 1.92. The number of likely N-dealkylation sites (tertiary alicyclic amines) is 1. The van der Waals surface area contributed by atoms with Crippen molar-refractivity contribution in [1.82, 2.24) is 4.90 Å². The van der Waals surface area contributed by atoms with Crippen LogP contribution in [0, 0.1) is 0 Å². The van der Waals surface area contributed by atoms with E-state index in [1.165, 1.54) is 5.56 Å². The van der Waals surface area contributed by atoms with Crippen molar-refractivity contribution in [2.24, 2.45) is 0 Å². The van der Waals surface area contributed by atoms with Crippen molar-refractivity contribution in [3.63, 3.8) is 0 Å². The molecular formula is C14H17NO2. The van der Waals surface area contributed by atoms with Crippen LogP contribution >= 0.6 is 0 Å². The van der Waals surface area contributed by atoms with Crippen LogP contribution in [-0.4, -0.2) is 29.7 Å². The molecule has 1 saturated heterocycles. The summed E-state index contributed by atoms with van der Waals surface area (Å²) in [6.45, 7) is 3.03. The van der Waals surface area contributed by atoms with Crippen LogP contribution in [0.25, 0.3) is 0 Å². The minimum Gasteiger partial charge on any atom is -0.335 e. The normalized spacial score (nSPS) is 15.4. The van der Waals surface area contributed by atoms with Crippen molar-refractivity contribution < 1.29 is 9.59 Å². The Hall–Kier alpha value is -1.64. The summed E-state index contributed by atoms with van der Waals surface area (Å²) in [4.78, 5) is 25.0. The molecule has 0 atom stereocenters. The van der Waals surface area contributed by atoms with Crippen molar-refractivity contribution in [3.8, 4) is 0 Å². The molecule has 1 fully saturated rings. The molecule has 0 saturated carbocycles. The summed E-state index contributed by atoms with van der Waals surface area (Å²) in [6.07, 6.45) is 2.43. The van der Waals surface area contributed by atoms with E-state index in [1.54, 1.807) is 4.90 Å². The van der Waals surface area contributed by atoms with Gasteiger partial charge in [0, 0.05) is 18.5 Å². The van der Waals surface area contributed by atoms with E-state index in [4.69, 9.17) is 0 Å². The molecule has 0 bridgehead atoms. The molecule has 3 nitrogen and oxygen atoms in total. The third kappa shape index (κ3) is 2.73. The Morgan fingerprint density at radius 3 is 2.53 bits per heavy atom. The van der Waals surface area contributed by atoms with Crippen LogP contribution in [-0.2, 0) is 11.2 Å². The fourth-order valence-electron chi connectivity index (χ4n) is 2.06. The highest BCUT2D eigenvalue weighted by Gasteiger charge is 2.22. The lowest BCUT2D eigenvalue weighted by atomic mass is 10.1. The van der Waals surface area contributed by atoms with E-state index in [2.05, 4.69) is 6.92 Å². The zero-order valence-corrected chi connectivity index (χ0v) is 10.1. The van der Waals surface area contributed by atoms with Gasteiger partial charge in [-0.2, -0.15) is 0 Å². The Kier molecular flexibility index (Phi) is 3.57. The first-order valence-corrected chi connectivity index (χ1v) is 6.10. The minimum absolute atomic E-state index is 0.0305. The van der Waals surface area contributed by atoms with Gasteiger partial charge < -0.3 is 4.90 Å². The second kappa shape index (κ2) is 5.13. The summed E-state index contributed by atoms with van der Waals surface area (Å²) < 4.78 is 0. The van der Waals surface area contributed by atoms with E-state index < -0.39 is 0 Å². The van der Waals surface area contributed by atoms with E-state index in [-0.39, 0.29) is 18.2 Å². The lowest BCUT2D eigenvalue weighted by Crippen LogP contribution is -2.30. The third-order valence-corrected chi connectivity index (χ3v) is 3.19. The second-order valence-corrected chi connectivity index (χ2v) is 4.39. The van der Waals surface area contributed by atoms with Crippen molar-refractivity contribution in [3.05, 3.63) is 35.4 Å². The van der Waals surface area contributed by atoms with Crippen LogP contribution in [0.5, 0.6) is 0 Å². The van der Waals surface area contributed by atoms with E-state index in [0.717, 1.165) is 19.4 Å². The van der Waals surface area contributed by atoms with Crippen molar-refractivity contribution >= 4 is 11.7 Å². The smallest absolute Gasteiger partial charge is 0.223 e. The fourth-order valence-corrected chi connectivity index (χ4v) is 2.06. The fraction of sp³-hybridized carbons (Fsp3) is 0.429. The largest absolute Gasteiger partial charge is 0.335 e. The Morgan fingerprint density at radius 1 is 1.29 bits per heavy atom. The number of amides is 1.